The average Bonchev–Trinajstić information content (AvgIpc) is 2.79. The SMILES string of the molecule is CCC(CC)(Pc1ccccc1CNC)c1cccc(C)c1OCc1ccccc1. The molecule has 3 rings (SSSR count). The molecule has 158 valence electrons. The third kappa shape index (κ3) is 5.12. The van der Waals surface area contributed by atoms with Gasteiger partial charge in [-0.05, 0) is 48.8 Å². The zero-order valence-electron chi connectivity index (χ0n) is 18.7. The Balaban J connectivity index is 1.98. The molecule has 0 aromatic heterocycles. The molecule has 1 N–H and O–H groups in total. The molecule has 30 heavy (non-hydrogen) atoms. The monoisotopic (exact) mass is 419 g/mol. The van der Waals surface area contributed by atoms with Gasteiger partial charge in [0.05, 0.1) is 0 Å². The molecule has 0 bridgehead atoms. The van der Waals surface area contributed by atoms with Gasteiger partial charge in [-0.25, -0.2) is 0 Å². The molecular weight excluding hydrogens is 385 g/mol. The molecule has 0 radical (unpaired) electrons. The summed E-state index contributed by atoms with van der Waals surface area (Å²) in [5.74, 6) is 1.06. The topological polar surface area (TPSA) is 21.3 Å². The number of aryl methyl sites for hydroxylation is 1. The zero-order chi connectivity index (χ0) is 21.4. The van der Waals surface area contributed by atoms with E-state index in [0.29, 0.717) is 15.2 Å². The summed E-state index contributed by atoms with van der Waals surface area (Å²) in [6, 6.07) is 25.9. The normalized spacial score (nSPS) is 11.9. The van der Waals surface area contributed by atoms with Crippen molar-refractivity contribution in [1.29, 1.82) is 0 Å². The van der Waals surface area contributed by atoms with Gasteiger partial charge in [0, 0.05) is 17.3 Å². The fraction of sp³-hybridized carbons (Fsp3) is 0.333. The molecule has 0 fully saturated rings. The van der Waals surface area contributed by atoms with Crippen LogP contribution in [0.2, 0.25) is 0 Å². The van der Waals surface area contributed by atoms with E-state index >= 15 is 0 Å². The summed E-state index contributed by atoms with van der Waals surface area (Å²) in [5.41, 5.74) is 5.15. The van der Waals surface area contributed by atoms with Crippen molar-refractivity contribution < 1.29 is 4.74 Å². The first kappa shape index (κ1) is 22.5. The van der Waals surface area contributed by atoms with Crippen LogP contribution in [0, 0.1) is 6.92 Å². The fourth-order valence-corrected chi connectivity index (χ4v) is 5.78. The lowest BCUT2D eigenvalue weighted by Crippen LogP contribution is -2.25. The van der Waals surface area contributed by atoms with Gasteiger partial charge in [-0.3, -0.25) is 0 Å². The second-order valence-electron chi connectivity index (χ2n) is 7.83. The molecule has 0 heterocycles. The Bertz CT molecular complexity index is 935. The minimum atomic E-state index is 0.0713. The van der Waals surface area contributed by atoms with E-state index in [1.165, 1.54) is 27.6 Å². The van der Waals surface area contributed by atoms with Crippen LogP contribution in [0.15, 0.2) is 72.8 Å². The van der Waals surface area contributed by atoms with Gasteiger partial charge in [0.1, 0.15) is 12.4 Å². The van der Waals surface area contributed by atoms with Crippen LogP contribution in [0.4, 0.5) is 0 Å². The molecular formula is C27H34NOP. The van der Waals surface area contributed by atoms with E-state index in [0.717, 1.165) is 25.1 Å². The Morgan fingerprint density at radius 1 is 0.867 bits per heavy atom. The van der Waals surface area contributed by atoms with E-state index in [1.807, 2.05) is 13.1 Å². The number of hydrogen-bond donors (Lipinski definition) is 1. The molecule has 0 aliphatic carbocycles. The van der Waals surface area contributed by atoms with Crippen LogP contribution < -0.4 is 15.4 Å². The second-order valence-corrected chi connectivity index (χ2v) is 9.57. The van der Waals surface area contributed by atoms with Crippen LogP contribution in [0.1, 0.15) is 48.9 Å². The van der Waals surface area contributed by atoms with E-state index in [-0.39, 0.29) is 5.16 Å². The Morgan fingerprint density at radius 2 is 1.57 bits per heavy atom. The highest BCUT2D eigenvalue weighted by Gasteiger charge is 2.33. The van der Waals surface area contributed by atoms with Crippen molar-refractivity contribution in [2.24, 2.45) is 0 Å². The smallest absolute Gasteiger partial charge is 0.126 e. The predicted molar refractivity (Wildman–Crippen MR) is 131 cm³/mol. The van der Waals surface area contributed by atoms with Crippen molar-refractivity contribution in [1.82, 2.24) is 5.32 Å². The van der Waals surface area contributed by atoms with Crippen molar-refractivity contribution in [2.45, 2.75) is 51.9 Å². The Kier molecular flexibility index (Phi) is 8.08. The van der Waals surface area contributed by atoms with Crippen LogP contribution in [0.5, 0.6) is 5.75 Å². The zero-order valence-corrected chi connectivity index (χ0v) is 19.7. The van der Waals surface area contributed by atoms with Gasteiger partial charge in [-0.15, -0.1) is 0 Å². The number of nitrogens with one attached hydrogen (secondary N) is 1. The van der Waals surface area contributed by atoms with Crippen LogP contribution in [-0.4, -0.2) is 7.05 Å². The molecule has 3 aromatic rings. The largest absolute Gasteiger partial charge is 0.488 e. The summed E-state index contributed by atoms with van der Waals surface area (Å²) in [5, 5.41) is 4.85. The summed E-state index contributed by atoms with van der Waals surface area (Å²) in [7, 11) is 2.71. The number of benzene rings is 3. The van der Waals surface area contributed by atoms with Crippen LogP contribution in [0.25, 0.3) is 0 Å². The van der Waals surface area contributed by atoms with Crippen LogP contribution in [-0.2, 0) is 18.3 Å². The summed E-state index contributed by atoms with van der Waals surface area (Å²) in [4.78, 5) is 0. The van der Waals surface area contributed by atoms with Crippen LogP contribution in [0.3, 0.4) is 0 Å². The first-order chi connectivity index (χ1) is 14.6. The molecule has 2 nitrogen and oxygen atoms in total. The quantitative estimate of drug-likeness (QED) is 0.389. The molecule has 3 heteroatoms. The van der Waals surface area contributed by atoms with Gasteiger partial charge in [-0.2, -0.15) is 0 Å². The van der Waals surface area contributed by atoms with E-state index in [9.17, 15) is 0 Å². The maximum absolute atomic E-state index is 6.47. The lowest BCUT2D eigenvalue weighted by Gasteiger charge is -2.35. The summed E-state index contributed by atoms with van der Waals surface area (Å²) < 4.78 is 6.47. The Morgan fingerprint density at radius 3 is 2.27 bits per heavy atom. The Labute approximate surface area is 183 Å². The lowest BCUT2D eigenvalue weighted by molar-refractivity contribution is 0.296. The van der Waals surface area contributed by atoms with Gasteiger partial charge in [-0.1, -0.05) is 95.2 Å². The minimum Gasteiger partial charge on any atom is -0.488 e. The third-order valence-corrected chi connectivity index (χ3v) is 8.13. The summed E-state index contributed by atoms with van der Waals surface area (Å²) >= 11 is 0. The average molecular weight is 420 g/mol. The molecule has 0 aliphatic heterocycles. The van der Waals surface area contributed by atoms with Crippen molar-refractivity contribution in [2.75, 3.05) is 7.05 Å². The van der Waals surface area contributed by atoms with Gasteiger partial charge < -0.3 is 10.1 Å². The number of rotatable bonds is 10. The van der Waals surface area contributed by atoms with Crippen molar-refractivity contribution in [3.63, 3.8) is 0 Å². The highest BCUT2D eigenvalue weighted by Crippen LogP contribution is 2.51. The summed E-state index contributed by atoms with van der Waals surface area (Å²) in [6.45, 7) is 8.30. The highest BCUT2D eigenvalue weighted by molar-refractivity contribution is 7.48. The van der Waals surface area contributed by atoms with E-state index in [1.54, 1.807) is 0 Å². The molecule has 1 atom stereocenters. The molecule has 1 unspecified atom stereocenters. The number of hydrogen-bond acceptors (Lipinski definition) is 2. The standard InChI is InChI=1S/C27H34NOP/c1-5-27(6-2,30-25-18-11-10-16-23(25)19-28-4)24-17-12-13-21(3)26(24)29-20-22-14-8-7-9-15-22/h7-18,28,30H,5-6,19-20H2,1-4H3. The minimum absolute atomic E-state index is 0.0713. The van der Waals surface area contributed by atoms with Crippen LogP contribution >= 0.6 is 8.58 Å². The maximum Gasteiger partial charge on any atom is 0.126 e. The first-order valence-electron chi connectivity index (χ1n) is 10.9. The molecule has 0 amide bonds. The lowest BCUT2D eigenvalue weighted by atomic mass is 9.90. The number of para-hydroxylation sites is 1. The maximum atomic E-state index is 6.47. The molecule has 0 aliphatic rings. The molecule has 0 saturated heterocycles. The van der Waals surface area contributed by atoms with Crippen molar-refractivity contribution >= 4 is 13.9 Å². The third-order valence-electron chi connectivity index (χ3n) is 5.92. The molecule has 0 saturated carbocycles. The van der Waals surface area contributed by atoms with Gasteiger partial charge in [0.25, 0.3) is 0 Å². The van der Waals surface area contributed by atoms with Gasteiger partial charge in [0.15, 0.2) is 0 Å². The van der Waals surface area contributed by atoms with Gasteiger partial charge in [0.2, 0.25) is 0 Å². The first-order valence-corrected chi connectivity index (χ1v) is 11.9. The van der Waals surface area contributed by atoms with Gasteiger partial charge >= 0.3 is 0 Å². The fourth-order valence-electron chi connectivity index (χ4n) is 4.07. The number of ether oxygens (including phenoxy) is 1. The summed E-state index contributed by atoms with van der Waals surface area (Å²) in [6.07, 6.45) is 2.17. The highest BCUT2D eigenvalue weighted by atomic mass is 31.1. The van der Waals surface area contributed by atoms with E-state index in [2.05, 4.69) is 92.8 Å². The Hall–Kier alpha value is -2.15. The van der Waals surface area contributed by atoms with Crippen molar-refractivity contribution in [3.05, 3.63) is 95.1 Å². The van der Waals surface area contributed by atoms with E-state index < -0.39 is 0 Å². The molecule has 3 aromatic carbocycles. The second kappa shape index (κ2) is 10.8. The molecule has 0 spiro atoms. The van der Waals surface area contributed by atoms with Crippen molar-refractivity contribution in [3.8, 4) is 5.75 Å². The predicted octanol–water partition coefficient (Wildman–Crippen LogP) is 6.31. The van der Waals surface area contributed by atoms with E-state index in [4.69, 9.17) is 4.74 Å².